The van der Waals surface area contributed by atoms with Crippen molar-refractivity contribution in [3.8, 4) is 17.2 Å². The van der Waals surface area contributed by atoms with E-state index in [9.17, 15) is 9.59 Å². The van der Waals surface area contributed by atoms with Crippen molar-refractivity contribution in [1.29, 1.82) is 0 Å². The Balaban J connectivity index is 1.30. The van der Waals surface area contributed by atoms with Gasteiger partial charge in [0.05, 0.1) is 22.8 Å². The minimum absolute atomic E-state index is 0.315. The molecular formula is C25H27N3O5. The Morgan fingerprint density at radius 2 is 1.85 bits per heavy atom. The SMILES string of the molecule is Cc1nn(-c2ccccc2)c(C)c1NC(=O)COC(=O)COc1cccc2c1OC(C)(C)C2. The molecule has 4 rings (SSSR count). The van der Waals surface area contributed by atoms with Crippen LogP contribution in [0.5, 0.6) is 11.5 Å². The van der Waals surface area contributed by atoms with Crippen molar-refractivity contribution in [3.05, 3.63) is 65.5 Å². The quantitative estimate of drug-likeness (QED) is 0.552. The molecule has 0 spiro atoms. The monoisotopic (exact) mass is 449 g/mol. The van der Waals surface area contributed by atoms with Gasteiger partial charge in [-0.05, 0) is 45.9 Å². The van der Waals surface area contributed by atoms with E-state index < -0.39 is 18.5 Å². The zero-order valence-corrected chi connectivity index (χ0v) is 19.2. The van der Waals surface area contributed by atoms with E-state index in [-0.39, 0.29) is 12.2 Å². The number of esters is 1. The Hall–Kier alpha value is -3.81. The van der Waals surface area contributed by atoms with Crippen LogP contribution < -0.4 is 14.8 Å². The molecule has 2 heterocycles. The standard InChI is InChI=1S/C25H27N3O5/c1-16-23(17(2)28(27-16)19-10-6-5-7-11-19)26-21(29)14-32-22(30)15-31-20-12-8-9-18-13-25(3,4)33-24(18)20/h5-12H,13-15H2,1-4H3,(H,26,29). The third kappa shape index (κ3) is 5.00. The van der Waals surface area contributed by atoms with Gasteiger partial charge in [0.15, 0.2) is 24.7 Å². The summed E-state index contributed by atoms with van der Waals surface area (Å²) in [5.41, 5.74) is 3.65. The molecule has 8 heteroatoms. The highest BCUT2D eigenvalue weighted by Gasteiger charge is 2.32. The topological polar surface area (TPSA) is 91.7 Å². The summed E-state index contributed by atoms with van der Waals surface area (Å²) in [7, 11) is 0. The second-order valence-electron chi connectivity index (χ2n) is 8.57. The first-order valence-corrected chi connectivity index (χ1v) is 10.7. The summed E-state index contributed by atoms with van der Waals surface area (Å²) in [4.78, 5) is 24.5. The maximum absolute atomic E-state index is 12.4. The first-order chi connectivity index (χ1) is 15.7. The van der Waals surface area contributed by atoms with Crippen molar-refractivity contribution in [1.82, 2.24) is 9.78 Å². The van der Waals surface area contributed by atoms with Gasteiger partial charge in [0.25, 0.3) is 5.91 Å². The zero-order valence-electron chi connectivity index (χ0n) is 19.2. The molecular weight excluding hydrogens is 422 g/mol. The molecule has 0 bridgehead atoms. The number of hydrogen-bond acceptors (Lipinski definition) is 6. The number of rotatable bonds is 7. The Kier molecular flexibility index (Phi) is 6.09. The zero-order chi connectivity index (χ0) is 23.6. The number of amides is 1. The van der Waals surface area contributed by atoms with Gasteiger partial charge in [-0.3, -0.25) is 4.79 Å². The fourth-order valence-electron chi connectivity index (χ4n) is 3.85. The average molecular weight is 450 g/mol. The second kappa shape index (κ2) is 8.97. The number of ether oxygens (including phenoxy) is 3. The van der Waals surface area contributed by atoms with Crippen LogP contribution in [0.1, 0.15) is 30.8 Å². The van der Waals surface area contributed by atoms with Crippen molar-refractivity contribution in [2.45, 2.75) is 39.7 Å². The van der Waals surface area contributed by atoms with Gasteiger partial charge in [-0.2, -0.15) is 5.10 Å². The molecule has 0 saturated carbocycles. The summed E-state index contributed by atoms with van der Waals surface area (Å²) < 4.78 is 18.4. The van der Waals surface area contributed by atoms with E-state index in [2.05, 4.69) is 10.4 Å². The van der Waals surface area contributed by atoms with Crippen LogP contribution >= 0.6 is 0 Å². The van der Waals surface area contributed by atoms with Crippen molar-refractivity contribution >= 4 is 17.6 Å². The number of benzene rings is 2. The van der Waals surface area contributed by atoms with Crippen molar-refractivity contribution in [2.75, 3.05) is 18.5 Å². The number of hydrogen-bond donors (Lipinski definition) is 1. The van der Waals surface area contributed by atoms with Gasteiger partial charge in [-0.15, -0.1) is 0 Å². The molecule has 1 aliphatic heterocycles. The molecule has 0 unspecified atom stereocenters. The largest absolute Gasteiger partial charge is 0.483 e. The van der Waals surface area contributed by atoms with Crippen LogP contribution in [0.3, 0.4) is 0 Å². The molecule has 1 amide bonds. The van der Waals surface area contributed by atoms with Crippen molar-refractivity contribution in [2.24, 2.45) is 0 Å². The van der Waals surface area contributed by atoms with Crippen LogP contribution in [0.15, 0.2) is 48.5 Å². The van der Waals surface area contributed by atoms with Gasteiger partial charge in [0.1, 0.15) is 5.60 Å². The van der Waals surface area contributed by atoms with Gasteiger partial charge >= 0.3 is 5.97 Å². The summed E-state index contributed by atoms with van der Waals surface area (Å²) in [6.07, 6.45) is 0.768. The average Bonchev–Trinajstić information content (AvgIpc) is 3.26. The highest BCUT2D eigenvalue weighted by Crippen LogP contribution is 2.41. The molecule has 8 nitrogen and oxygen atoms in total. The lowest BCUT2D eigenvalue weighted by Gasteiger charge is -2.18. The van der Waals surface area contributed by atoms with Crippen molar-refractivity contribution in [3.63, 3.8) is 0 Å². The minimum atomic E-state index is -0.645. The molecule has 172 valence electrons. The summed E-state index contributed by atoms with van der Waals surface area (Å²) >= 11 is 0. The smallest absolute Gasteiger partial charge is 0.344 e. The van der Waals surface area contributed by atoms with E-state index in [1.807, 2.05) is 70.2 Å². The predicted octanol–water partition coefficient (Wildman–Crippen LogP) is 3.76. The lowest BCUT2D eigenvalue weighted by molar-refractivity contribution is -0.149. The van der Waals surface area contributed by atoms with Gasteiger partial charge in [-0.25, -0.2) is 9.48 Å². The third-order valence-electron chi connectivity index (χ3n) is 5.32. The molecule has 0 fully saturated rings. The second-order valence-corrected chi connectivity index (χ2v) is 8.57. The van der Waals surface area contributed by atoms with Crippen LogP contribution in [0.25, 0.3) is 5.69 Å². The number of fused-ring (bicyclic) bond motifs is 1. The predicted molar refractivity (Wildman–Crippen MR) is 123 cm³/mol. The van der Waals surface area contributed by atoms with E-state index >= 15 is 0 Å². The van der Waals surface area contributed by atoms with Gasteiger partial charge in [0, 0.05) is 12.0 Å². The molecule has 0 atom stereocenters. The van der Waals surface area contributed by atoms with Gasteiger partial charge in [0.2, 0.25) is 0 Å². The van der Waals surface area contributed by atoms with Crippen LogP contribution in [0.2, 0.25) is 0 Å². The number of carbonyl (C=O) groups is 2. The Bertz CT molecular complexity index is 1180. The van der Waals surface area contributed by atoms with Crippen LogP contribution in [0.4, 0.5) is 5.69 Å². The highest BCUT2D eigenvalue weighted by molar-refractivity contribution is 5.94. The highest BCUT2D eigenvalue weighted by atomic mass is 16.6. The Morgan fingerprint density at radius 3 is 2.61 bits per heavy atom. The molecule has 1 aromatic heterocycles. The lowest BCUT2D eigenvalue weighted by atomic mass is 10.0. The molecule has 3 aromatic rings. The molecule has 0 aliphatic carbocycles. The number of anilines is 1. The normalized spacial score (nSPS) is 13.7. The first-order valence-electron chi connectivity index (χ1n) is 10.7. The molecule has 33 heavy (non-hydrogen) atoms. The number of carbonyl (C=O) groups excluding carboxylic acids is 2. The summed E-state index contributed by atoms with van der Waals surface area (Å²) in [6.45, 7) is 6.92. The summed E-state index contributed by atoms with van der Waals surface area (Å²) in [5, 5.41) is 7.27. The maximum Gasteiger partial charge on any atom is 0.344 e. The Morgan fingerprint density at radius 1 is 1.09 bits per heavy atom. The van der Waals surface area contributed by atoms with Crippen LogP contribution in [-0.4, -0.2) is 40.5 Å². The lowest BCUT2D eigenvalue weighted by Crippen LogP contribution is -2.25. The van der Waals surface area contributed by atoms with Gasteiger partial charge in [-0.1, -0.05) is 30.3 Å². The number of nitrogens with one attached hydrogen (secondary N) is 1. The van der Waals surface area contributed by atoms with Gasteiger partial charge < -0.3 is 19.5 Å². The van der Waals surface area contributed by atoms with E-state index in [0.717, 1.165) is 23.4 Å². The molecule has 0 saturated heterocycles. The van der Waals surface area contributed by atoms with E-state index in [4.69, 9.17) is 14.2 Å². The Labute approximate surface area is 192 Å². The number of nitrogens with zero attached hydrogens (tertiary/aromatic N) is 2. The maximum atomic E-state index is 12.4. The fourth-order valence-corrected chi connectivity index (χ4v) is 3.85. The van der Waals surface area contributed by atoms with E-state index in [0.29, 0.717) is 22.9 Å². The first kappa shape index (κ1) is 22.4. The summed E-state index contributed by atoms with van der Waals surface area (Å²) in [6, 6.07) is 15.2. The number of aryl methyl sites for hydroxylation is 1. The molecule has 0 radical (unpaired) electrons. The molecule has 1 aliphatic rings. The molecule has 2 aromatic carbocycles. The fraction of sp³-hybridized carbons (Fsp3) is 0.320. The van der Waals surface area contributed by atoms with Crippen molar-refractivity contribution < 1.29 is 23.8 Å². The van der Waals surface area contributed by atoms with E-state index in [1.165, 1.54) is 0 Å². The third-order valence-corrected chi connectivity index (χ3v) is 5.32. The van der Waals surface area contributed by atoms with Crippen LogP contribution in [0, 0.1) is 13.8 Å². The number of para-hydroxylation sites is 2. The van der Waals surface area contributed by atoms with E-state index in [1.54, 1.807) is 10.7 Å². The van der Waals surface area contributed by atoms with Crippen LogP contribution in [-0.2, 0) is 20.7 Å². The molecule has 1 N–H and O–H groups in total. The number of aromatic nitrogens is 2. The summed E-state index contributed by atoms with van der Waals surface area (Å²) in [5.74, 6) is 0.0368. The minimum Gasteiger partial charge on any atom is -0.483 e.